The lowest BCUT2D eigenvalue weighted by Gasteiger charge is -2.30. The molecule has 0 saturated heterocycles. The average Bonchev–Trinajstić information content (AvgIpc) is 0.767. The fourth-order valence-corrected chi connectivity index (χ4v) is 19.4. The molecule has 1 amide bonds. The summed E-state index contributed by atoms with van der Waals surface area (Å²) in [5, 5.41) is 3.87. The van der Waals surface area contributed by atoms with Gasteiger partial charge in [0.25, 0.3) is 19.2 Å². The van der Waals surface area contributed by atoms with E-state index in [9.17, 15) is 60.1 Å². The molecule has 0 saturated carbocycles. The van der Waals surface area contributed by atoms with Crippen LogP contribution < -0.4 is 4.90 Å². The van der Waals surface area contributed by atoms with Crippen LogP contribution in [-0.4, -0.2) is 102 Å². The normalized spacial score (nSPS) is 12.2. The summed E-state index contributed by atoms with van der Waals surface area (Å²) in [6, 6.07) is 58.6. The van der Waals surface area contributed by atoms with E-state index in [0.29, 0.717) is 56.7 Å². The number of benzene rings is 9. The average molecular weight is 1990 g/mol. The Morgan fingerprint density at radius 1 is 0.451 bits per heavy atom. The van der Waals surface area contributed by atoms with Crippen molar-refractivity contribution in [2.75, 3.05) is 16.8 Å². The summed E-state index contributed by atoms with van der Waals surface area (Å²) in [5.74, 6) is -2.73. The first-order valence-corrected chi connectivity index (χ1v) is 50.5. The zero-order valence-electron chi connectivity index (χ0n) is 61.9. The molecule has 0 radical (unpaired) electrons. The third-order valence-electron chi connectivity index (χ3n) is 16.9. The molecule has 15 rings (SSSR count). The van der Waals surface area contributed by atoms with Gasteiger partial charge in [-0.05, 0) is 175 Å². The van der Waals surface area contributed by atoms with Crippen molar-refractivity contribution in [3.8, 4) is 0 Å². The summed E-state index contributed by atoms with van der Waals surface area (Å²) in [7, 11) is -6.36. The molecule has 0 fully saturated rings. The van der Waals surface area contributed by atoms with E-state index in [0.717, 1.165) is 83.3 Å². The van der Waals surface area contributed by atoms with Gasteiger partial charge in [0.1, 0.15) is 27.2 Å². The molecule has 0 spiro atoms. The molecular weight excluding hydrogens is 1910 g/mol. The van der Waals surface area contributed by atoms with Gasteiger partial charge in [0.15, 0.2) is 29.5 Å². The van der Waals surface area contributed by atoms with E-state index in [1.807, 2.05) is 42.6 Å². The van der Waals surface area contributed by atoms with Crippen LogP contribution in [0.4, 0.5) is 18.9 Å². The predicted octanol–water partition coefficient (Wildman–Crippen LogP) is 22.1. The molecular formula is C82H77Cl9F3N5O16S7. The van der Waals surface area contributed by atoms with Crippen molar-refractivity contribution in [3.05, 3.63) is 322 Å². The number of carbonyl (C=O) groups is 1. The molecule has 2 N–H and O–H groups in total. The molecule has 4 aromatic heterocycles. The Balaban J connectivity index is 0.000000305. The monoisotopic (exact) mass is 1980 g/mol. The lowest BCUT2D eigenvalue weighted by atomic mass is 9.92. The van der Waals surface area contributed by atoms with Gasteiger partial charge in [-0.15, -0.1) is 23.2 Å². The molecule has 122 heavy (non-hydrogen) atoms. The number of nitrogens with zero attached hydrogens (tertiary/aromatic N) is 5. The summed E-state index contributed by atoms with van der Waals surface area (Å²) in [4.78, 5) is 30.4. The van der Waals surface area contributed by atoms with Gasteiger partial charge in [-0.2, -0.15) is 16.8 Å². The highest BCUT2D eigenvalue weighted by Gasteiger charge is 2.31. The predicted molar refractivity (Wildman–Crippen MR) is 487 cm³/mol. The summed E-state index contributed by atoms with van der Waals surface area (Å²) in [5.41, 5.74) is 6.54. The van der Waals surface area contributed by atoms with Crippen molar-refractivity contribution >= 4 is 223 Å². The van der Waals surface area contributed by atoms with Gasteiger partial charge < -0.3 is 4.90 Å². The van der Waals surface area contributed by atoms with Crippen LogP contribution in [0.5, 0.6) is 0 Å². The van der Waals surface area contributed by atoms with Gasteiger partial charge in [-0.3, -0.25) is 33.8 Å². The lowest BCUT2D eigenvalue weighted by Crippen LogP contribution is -2.35. The highest BCUT2D eigenvalue weighted by atomic mass is 36.0. The van der Waals surface area contributed by atoms with Crippen LogP contribution in [0.2, 0.25) is 15.1 Å². The Hall–Kier alpha value is -8.00. The Morgan fingerprint density at radius 2 is 0.787 bits per heavy atom. The zero-order valence-corrected chi connectivity index (χ0v) is 74.4. The van der Waals surface area contributed by atoms with Crippen molar-refractivity contribution in [1.82, 2.24) is 19.9 Å². The Bertz CT molecular complexity index is 6420. The number of anilines is 1. The van der Waals surface area contributed by atoms with Crippen LogP contribution in [0, 0.1) is 17.5 Å². The summed E-state index contributed by atoms with van der Waals surface area (Å²) >= 11 is 27.4. The number of hydrogen-bond acceptors (Lipinski definition) is 18. The number of fused-ring (bicyclic) bond motifs is 6. The number of alkyl halides is 2. The van der Waals surface area contributed by atoms with Crippen LogP contribution in [-0.2, 0) is 109 Å². The van der Waals surface area contributed by atoms with Crippen molar-refractivity contribution in [1.29, 1.82) is 0 Å². The van der Waals surface area contributed by atoms with Gasteiger partial charge in [0.2, 0.25) is 15.1 Å². The Morgan fingerprint density at radius 3 is 1.22 bits per heavy atom. The molecule has 1 aliphatic heterocycles. The number of aromatic nitrogens is 4. The molecule has 21 nitrogen and oxygen atoms in total. The summed E-state index contributed by atoms with van der Waals surface area (Å²) < 4.78 is 204. The van der Waals surface area contributed by atoms with Gasteiger partial charge in [-0.25, -0.2) is 51.1 Å². The van der Waals surface area contributed by atoms with Crippen LogP contribution in [0.3, 0.4) is 0 Å². The van der Waals surface area contributed by atoms with Gasteiger partial charge in [0, 0.05) is 112 Å². The van der Waals surface area contributed by atoms with Crippen LogP contribution in [0.1, 0.15) is 68.9 Å². The van der Waals surface area contributed by atoms with E-state index in [2.05, 4.69) is 70.7 Å². The highest BCUT2D eigenvalue weighted by molar-refractivity contribution is 8.26. The van der Waals surface area contributed by atoms with Gasteiger partial charge in [-0.1, -0.05) is 178 Å². The second-order valence-corrected chi connectivity index (χ2v) is 41.3. The van der Waals surface area contributed by atoms with E-state index in [-0.39, 0.29) is 85.0 Å². The second kappa shape index (κ2) is 48.5. The molecule has 1 aliphatic carbocycles. The number of aryl methyl sites for hydroxylation is 2. The summed E-state index contributed by atoms with van der Waals surface area (Å²) in [6.07, 6.45) is 12.8. The summed E-state index contributed by atoms with van der Waals surface area (Å²) in [6.45, 7) is 3.93. The first-order chi connectivity index (χ1) is 56.6. The number of halogens is 12. The van der Waals surface area contributed by atoms with Gasteiger partial charge >= 0.3 is 9.33 Å². The first kappa shape index (κ1) is 105. The SMILES string of the molecule is C.C.C=CC(=O)N1CCCc2cccc(S(=O)(=O)Cc3ccc(F)cc3Cl)c21.ClCCl.O=S(=O)(Cc1ccc(F)cc1Cl)c1cccc2c1CCCC2.O=S(=O)(Cc1ccc(F)cc1Cl)c1cccc2cccnc12.O=S(=O)(Cl)c1cccc2cccnc12.O=S(=O)(O)Cl.O=S(=O)(O)c1cccc2cccnc12.O=S(Cl)Cl.[HH].c1ccc2ncccc2c1. The quantitative estimate of drug-likeness (QED) is 0.0496. The third-order valence-corrected chi connectivity index (χ3v) is 25.3. The second-order valence-electron chi connectivity index (χ2n) is 24.9. The number of carbonyl (C=O) groups excluding carboxylic acids is 1. The molecule has 9 aromatic carbocycles. The Labute approximate surface area is 752 Å². The van der Waals surface area contributed by atoms with Crippen molar-refractivity contribution in [2.24, 2.45) is 0 Å². The largest absolute Gasteiger partial charge is 0.353 e. The fourth-order valence-electron chi connectivity index (χ4n) is 11.9. The van der Waals surface area contributed by atoms with Crippen LogP contribution in [0.25, 0.3) is 43.6 Å². The van der Waals surface area contributed by atoms with E-state index in [4.69, 9.17) is 90.4 Å². The van der Waals surface area contributed by atoms with Crippen molar-refractivity contribution in [3.63, 3.8) is 0 Å². The standard InChI is InChI=1S/C19H17ClFNO3S.C17H16ClFO2S.C16H11ClFNO2S.C9H6ClNO2S.C9H7NO3S.C9H7N.CH2Cl2.2CH4.Cl2OS.ClHO3S.H2/c1-2-18(23)22-10-4-6-13-5-3-7-17(19(13)22)26(24,25)12-14-8-9-15(21)11-16(14)20;18-16-10-14(19)9-8-13(16)11-22(20,21)17-7-3-5-12-4-1-2-6-15(12)17;17-14-9-13(18)7-6-12(14)10-22(20,21)15-5-1-3-11-4-2-8-19-16(11)15;10-14(12,13)8-5-1-3-7-4-2-6-11-9(7)8;11-14(12,13)8-5-1-3-7-4-2-6-10-9(7)8;1-2-6-9-8(4-1)5-3-7-10-9;2-1-3;;;1-4(2)3;1-5(2,3)4;/h2-3,5,7-9,11H,1,4,6,10,12H2;3,5,7-10H,1-2,4,6,11H2;1-9H,10H2;1-6H;1-6H,(H,11,12,13);1-7H;1H2;2*1H4;;(H,2,3,4);1H. The minimum atomic E-state index is -4.19. The molecule has 2 aliphatic rings. The topological polar surface area (TPSA) is 334 Å². The van der Waals surface area contributed by atoms with E-state index in [1.54, 1.807) is 97.2 Å². The smallest absolute Gasteiger partial charge is 0.307 e. The number of pyridine rings is 4. The molecule has 40 heteroatoms. The number of hydrogen-bond donors (Lipinski definition) is 2. The lowest BCUT2D eigenvalue weighted by molar-refractivity contribution is -0.114. The molecule has 13 aromatic rings. The number of amides is 1. The maximum absolute atomic E-state index is 13.2. The maximum atomic E-state index is 13.2. The van der Waals surface area contributed by atoms with E-state index in [1.165, 1.54) is 89.4 Å². The Kier molecular flexibility index (Phi) is 41.5. The minimum absolute atomic E-state index is 0. The number of para-hydroxylation sites is 5. The molecule has 652 valence electrons. The van der Waals surface area contributed by atoms with Crippen LogP contribution in [0.15, 0.2) is 280 Å². The van der Waals surface area contributed by atoms with E-state index >= 15 is 0 Å². The van der Waals surface area contributed by atoms with Crippen LogP contribution >= 0.6 is 101 Å². The number of rotatable bonds is 12. The van der Waals surface area contributed by atoms with Crippen molar-refractivity contribution in [2.45, 2.75) is 95.1 Å². The zero-order chi connectivity index (χ0) is 88.3. The highest BCUT2D eigenvalue weighted by Crippen LogP contribution is 2.38. The third kappa shape index (κ3) is 31.9. The van der Waals surface area contributed by atoms with E-state index < -0.39 is 84.7 Å². The number of sulfone groups is 3. The molecule has 0 unspecified atom stereocenters. The van der Waals surface area contributed by atoms with Crippen molar-refractivity contribution < 1.29 is 83.2 Å². The fraction of sp³-hybridized carbons (Fsp3) is 0.159. The molecule has 0 atom stereocenters. The minimum Gasteiger partial charge on any atom is -0.307 e. The van der Waals surface area contributed by atoms with Gasteiger partial charge in [0.05, 0.1) is 65.0 Å². The molecule has 0 bridgehead atoms. The maximum Gasteiger partial charge on any atom is 0.353 e. The molecule has 5 heterocycles. The first-order valence-electron chi connectivity index (χ1n) is 34.5.